The number of aliphatic hydroxyl groups is 1. The molecule has 0 bridgehead atoms. The molecule has 0 amide bonds. The molecule has 4 nitrogen and oxygen atoms in total. The zero-order valence-corrected chi connectivity index (χ0v) is 11.2. The van der Waals surface area contributed by atoms with Gasteiger partial charge in [0, 0.05) is 12.4 Å². The second kappa shape index (κ2) is 8.25. The van der Waals surface area contributed by atoms with E-state index < -0.39 is 12.1 Å². The number of allylic oxidation sites excluding steroid dienone is 1. The number of likely N-dealkylation sites (N-methyl/N-ethyl adjacent to an activating group) is 1. The highest BCUT2D eigenvalue weighted by molar-refractivity contribution is 5.64. The minimum Gasteiger partial charge on any atom is -0.550 e. The smallest absolute Gasteiger partial charge is 0.121 e. The number of quaternary nitrogens is 1. The molecule has 0 aliphatic heterocycles. The standard InChI is InChI=1S/C13H25NO3/c1-4-5-6-7-8-12(15)11-14(2,3)10-9-13(16)17/h7-8,12,15H,4-6,9-11H2,1-3H3/b8-7+. The van der Waals surface area contributed by atoms with Crippen LogP contribution < -0.4 is 5.11 Å². The summed E-state index contributed by atoms with van der Waals surface area (Å²) in [4.78, 5) is 10.4. The number of aliphatic hydroxyl groups excluding tert-OH is 1. The molecular weight excluding hydrogens is 218 g/mol. The summed E-state index contributed by atoms with van der Waals surface area (Å²) in [5.41, 5.74) is 0. The summed E-state index contributed by atoms with van der Waals surface area (Å²) in [5, 5.41) is 20.2. The van der Waals surface area contributed by atoms with Gasteiger partial charge in [0.05, 0.1) is 20.6 Å². The summed E-state index contributed by atoms with van der Waals surface area (Å²) in [5.74, 6) is -1.04. The summed E-state index contributed by atoms with van der Waals surface area (Å²) in [6, 6.07) is 0. The largest absolute Gasteiger partial charge is 0.550 e. The number of carbonyl (C=O) groups excluding carboxylic acids is 1. The number of rotatable bonds is 9. The van der Waals surface area contributed by atoms with E-state index in [-0.39, 0.29) is 6.42 Å². The van der Waals surface area contributed by atoms with Gasteiger partial charge in [-0.1, -0.05) is 31.9 Å². The molecule has 0 heterocycles. The topological polar surface area (TPSA) is 60.4 Å². The second-order valence-corrected chi connectivity index (χ2v) is 5.10. The molecule has 100 valence electrons. The highest BCUT2D eigenvalue weighted by atomic mass is 16.4. The van der Waals surface area contributed by atoms with Gasteiger partial charge in [0.2, 0.25) is 0 Å². The third-order valence-corrected chi connectivity index (χ3v) is 2.69. The van der Waals surface area contributed by atoms with Gasteiger partial charge in [0.15, 0.2) is 0 Å². The maximum Gasteiger partial charge on any atom is 0.121 e. The Labute approximate surface area is 104 Å². The zero-order valence-electron chi connectivity index (χ0n) is 11.2. The molecule has 0 fully saturated rings. The van der Waals surface area contributed by atoms with Gasteiger partial charge in [-0.3, -0.25) is 0 Å². The number of unbranched alkanes of at least 4 members (excludes halogenated alkanes) is 2. The van der Waals surface area contributed by atoms with Crippen molar-refractivity contribution in [1.82, 2.24) is 0 Å². The van der Waals surface area contributed by atoms with Crippen LogP contribution in [0.2, 0.25) is 0 Å². The molecule has 1 unspecified atom stereocenters. The van der Waals surface area contributed by atoms with Crippen LogP contribution in [0.1, 0.15) is 32.6 Å². The molecule has 0 saturated heterocycles. The molecule has 0 rings (SSSR count). The van der Waals surface area contributed by atoms with E-state index in [1.54, 1.807) is 6.08 Å². The van der Waals surface area contributed by atoms with Crippen molar-refractivity contribution < 1.29 is 19.5 Å². The van der Waals surface area contributed by atoms with E-state index in [4.69, 9.17) is 0 Å². The van der Waals surface area contributed by atoms with Gasteiger partial charge >= 0.3 is 0 Å². The van der Waals surface area contributed by atoms with E-state index in [1.807, 2.05) is 20.2 Å². The Morgan fingerprint density at radius 1 is 1.47 bits per heavy atom. The first kappa shape index (κ1) is 16.1. The SMILES string of the molecule is CCCC/C=C/C(O)C[N+](C)(C)CCC(=O)[O-]. The van der Waals surface area contributed by atoms with E-state index in [0.717, 1.165) is 19.3 Å². The number of aliphatic carboxylic acids is 1. The van der Waals surface area contributed by atoms with Crippen molar-refractivity contribution in [3.63, 3.8) is 0 Å². The van der Waals surface area contributed by atoms with Gasteiger partial charge in [0.1, 0.15) is 12.6 Å². The first-order valence-corrected chi connectivity index (χ1v) is 6.24. The van der Waals surface area contributed by atoms with Gasteiger partial charge < -0.3 is 19.5 Å². The number of carboxylic acid groups (broad SMARTS) is 1. The number of hydrogen-bond donors (Lipinski definition) is 1. The molecule has 17 heavy (non-hydrogen) atoms. The Morgan fingerprint density at radius 3 is 2.65 bits per heavy atom. The second-order valence-electron chi connectivity index (χ2n) is 5.10. The molecular formula is C13H25NO3. The Morgan fingerprint density at radius 2 is 2.12 bits per heavy atom. The van der Waals surface area contributed by atoms with E-state index in [0.29, 0.717) is 17.6 Å². The van der Waals surface area contributed by atoms with Crippen LogP contribution in [0.4, 0.5) is 0 Å². The van der Waals surface area contributed by atoms with E-state index >= 15 is 0 Å². The summed E-state index contributed by atoms with van der Waals surface area (Å²) in [6.07, 6.45) is 6.57. The molecule has 0 aliphatic carbocycles. The Balaban J connectivity index is 3.94. The lowest BCUT2D eigenvalue weighted by molar-refractivity contribution is -0.892. The first-order chi connectivity index (χ1) is 7.87. The monoisotopic (exact) mass is 243 g/mol. The lowest BCUT2D eigenvalue weighted by Gasteiger charge is -2.31. The minimum absolute atomic E-state index is 0.0271. The van der Waals surface area contributed by atoms with E-state index in [9.17, 15) is 15.0 Å². The molecule has 0 aliphatic rings. The van der Waals surface area contributed by atoms with E-state index in [2.05, 4.69) is 6.92 Å². The lowest BCUT2D eigenvalue weighted by atomic mass is 10.2. The maximum absolute atomic E-state index is 10.4. The fourth-order valence-electron chi connectivity index (χ4n) is 1.63. The first-order valence-electron chi connectivity index (χ1n) is 6.24. The van der Waals surface area contributed by atoms with Gasteiger partial charge in [-0.2, -0.15) is 0 Å². The molecule has 1 N–H and O–H groups in total. The molecule has 0 aromatic rings. The van der Waals surface area contributed by atoms with Crippen LogP contribution in [-0.2, 0) is 4.79 Å². The van der Waals surface area contributed by atoms with Crippen molar-refractivity contribution in [3.05, 3.63) is 12.2 Å². The average molecular weight is 243 g/mol. The summed E-state index contributed by atoms with van der Waals surface area (Å²) < 4.78 is 0.479. The number of carbonyl (C=O) groups is 1. The number of hydrogen-bond acceptors (Lipinski definition) is 3. The molecule has 0 aromatic carbocycles. The summed E-state index contributed by atoms with van der Waals surface area (Å²) in [7, 11) is 3.82. The van der Waals surface area contributed by atoms with Crippen LogP contribution >= 0.6 is 0 Å². The van der Waals surface area contributed by atoms with Crippen molar-refractivity contribution >= 4 is 5.97 Å². The van der Waals surface area contributed by atoms with Crippen molar-refractivity contribution in [2.24, 2.45) is 0 Å². The highest BCUT2D eigenvalue weighted by Crippen LogP contribution is 2.04. The van der Waals surface area contributed by atoms with Gasteiger partial charge in [-0.15, -0.1) is 0 Å². The van der Waals surface area contributed by atoms with Crippen molar-refractivity contribution in [2.45, 2.75) is 38.7 Å². The fraction of sp³-hybridized carbons (Fsp3) is 0.769. The Bertz CT molecular complexity index is 249. The maximum atomic E-state index is 10.4. The third-order valence-electron chi connectivity index (χ3n) is 2.69. The minimum atomic E-state index is -1.04. The quantitative estimate of drug-likeness (QED) is 0.360. The molecule has 0 aromatic heterocycles. The zero-order chi connectivity index (χ0) is 13.3. The summed E-state index contributed by atoms with van der Waals surface area (Å²) in [6.45, 7) is 3.13. The van der Waals surface area contributed by atoms with Crippen LogP contribution in [-0.4, -0.2) is 48.8 Å². The van der Waals surface area contributed by atoms with Crippen molar-refractivity contribution in [2.75, 3.05) is 27.2 Å². The third kappa shape index (κ3) is 10.0. The van der Waals surface area contributed by atoms with Crippen LogP contribution in [0, 0.1) is 0 Å². The predicted octanol–water partition coefficient (Wildman–Crippen LogP) is 0.310. The molecule has 1 atom stereocenters. The number of nitrogens with zero attached hydrogens (tertiary/aromatic N) is 1. The predicted molar refractivity (Wildman–Crippen MR) is 66.1 cm³/mol. The Kier molecular flexibility index (Phi) is 7.83. The lowest BCUT2D eigenvalue weighted by Crippen LogP contribution is -2.47. The van der Waals surface area contributed by atoms with Crippen LogP contribution in [0.3, 0.4) is 0 Å². The average Bonchev–Trinajstić information content (AvgIpc) is 2.21. The molecule has 0 radical (unpaired) electrons. The van der Waals surface area contributed by atoms with Crippen molar-refractivity contribution in [3.8, 4) is 0 Å². The van der Waals surface area contributed by atoms with Gasteiger partial charge in [-0.25, -0.2) is 0 Å². The fourth-order valence-corrected chi connectivity index (χ4v) is 1.63. The molecule has 0 saturated carbocycles. The van der Waals surface area contributed by atoms with Gasteiger partial charge in [0.25, 0.3) is 0 Å². The van der Waals surface area contributed by atoms with Crippen LogP contribution in [0.25, 0.3) is 0 Å². The van der Waals surface area contributed by atoms with Crippen molar-refractivity contribution in [1.29, 1.82) is 0 Å². The summed E-state index contributed by atoms with van der Waals surface area (Å²) >= 11 is 0. The normalized spacial score (nSPS) is 14.1. The van der Waals surface area contributed by atoms with Crippen LogP contribution in [0.5, 0.6) is 0 Å². The molecule has 4 heteroatoms. The van der Waals surface area contributed by atoms with Crippen LogP contribution in [0.15, 0.2) is 12.2 Å². The van der Waals surface area contributed by atoms with Gasteiger partial charge in [-0.05, 0) is 6.42 Å². The van der Waals surface area contributed by atoms with E-state index in [1.165, 1.54) is 0 Å². The number of carboxylic acids is 1. The molecule has 0 spiro atoms. The highest BCUT2D eigenvalue weighted by Gasteiger charge is 2.18. The Hall–Kier alpha value is -0.870.